The quantitative estimate of drug-likeness (QED) is 0.820. The highest BCUT2D eigenvalue weighted by Crippen LogP contribution is 2.07. The van der Waals surface area contributed by atoms with Gasteiger partial charge in [-0.05, 0) is 12.0 Å². The van der Waals surface area contributed by atoms with Crippen LogP contribution < -0.4 is 10.9 Å². The first-order valence-corrected chi connectivity index (χ1v) is 7.62. The summed E-state index contributed by atoms with van der Waals surface area (Å²) >= 11 is 0. The fourth-order valence-electron chi connectivity index (χ4n) is 2.51. The number of aromatic nitrogens is 2. The smallest absolute Gasteiger partial charge is 0.271 e. The topological polar surface area (TPSA) is 76.5 Å². The molecule has 1 fully saturated rings. The van der Waals surface area contributed by atoms with Gasteiger partial charge in [0.1, 0.15) is 5.69 Å². The van der Waals surface area contributed by atoms with E-state index in [2.05, 4.69) is 29.2 Å². The third-order valence-corrected chi connectivity index (χ3v) is 3.53. The van der Waals surface area contributed by atoms with Crippen LogP contribution >= 0.6 is 0 Å². The van der Waals surface area contributed by atoms with Gasteiger partial charge in [-0.15, -0.1) is 0 Å². The lowest BCUT2D eigenvalue weighted by Crippen LogP contribution is -2.48. The van der Waals surface area contributed by atoms with Crippen molar-refractivity contribution >= 4 is 5.91 Å². The van der Waals surface area contributed by atoms with Crippen LogP contribution in [0.2, 0.25) is 0 Å². The largest absolute Gasteiger partial charge is 0.374 e. The highest BCUT2D eigenvalue weighted by molar-refractivity contribution is 5.91. The Bertz CT molecular complexity index is 570. The third kappa shape index (κ3) is 4.64. The highest BCUT2D eigenvalue weighted by atomic mass is 16.5. The summed E-state index contributed by atoms with van der Waals surface area (Å²) < 4.78 is 6.84. The van der Waals surface area contributed by atoms with Crippen molar-refractivity contribution in [1.82, 2.24) is 20.0 Å². The van der Waals surface area contributed by atoms with Crippen LogP contribution in [0.5, 0.6) is 0 Å². The molecule has 1 aromatic rings. The van der Waals surface area contributed by atoms with Crippen LogP contribution in [0, 0.1) is 5.92 Å². The van der Waals surface area contributed by atoms with Crippen LogP contribution in [0.3, 0.4) is 0 Å². The zero-order valence-electron chi connectivity index (χ0n) is 13.4. The molecule has 7 nitrogen and oxygen atoms in total. The van der Waals surface area contributed by atoms with Crippen LogP contribution in [0.4, 0.5) is 0 Å². The van der Waals surface area contributed by atoms with Crippen LogP contribution in [0.15, 0.2) is 16.9 Å². The molecule has 1 N–H and O–H groups in total. The molecule has 1 amide bonds. The van der Waals surface area contributed by atoms with Crippen molar-refractivity contribution < 1.29 is 9.53 Å². The number of ether oxygens (including phenoxy) is 1. The maximum absolute atomic E-state index is 12.1. The predicted octanol–water partition coefficient (Wildman–Crippen LogP) is -0.133. The second kappa shape index (κ2) is 7.51. The average molecular weight is 308 g/mol. The summed E-state index contributed by atoms with van der Waals surface area (Å²) in [5.74, 6) is 0.323. The molecular weight excluding hydrogens is 284 g/mol. The van der Waals surface area contributed by atoms with Gasteiger partial charge in [-0.25, -0.2) is 4.68 Å². The number of hydrogen-bond acceptors (Lipinski definition) is 5. The molecule has 1 aliphatic heterocycles. The number of amides is 1. The monoisotopic (exact) mass is 308 g/mol. The molecule has 0 radical (unpaired) electrons. The maximum atomic E-state index is 12.1. The van der Waals surface area contributed by atoms with Crippen molar-refractivity contribution in [2.24, 2.45) is 13.0 Å². The molecule has 1 atom stereocenters. The Morgan fingerprint density at radius 1 is 1.50 bits per heavy atom. The third-order valence-electron chi connectivity index (χ3n) is 3.53. The SMILES string of the molecule is CC(C)CN1CCOC(CNC(=O)c2ccc(=O)n(C)n2)C1. The van der Waals surface area contributed by atoms with Gasteiger partial charge in [0.15, 0.2) is 0 Å². The molecule has 0 spiro atoms. The molecular formula is C15H24N4O3. The molecule has 1 aliphatic rings. The summed E-state index contributed by atoms with van der Waals surface area (Å²) in [6, 6.07) is 2.77. The van der Waals surface area contributed by atoms with Gasteiger partial charge in [0.25, 0.3) is 11.5 Å². The molecule has 0 aliphatic carbocycles. The van der Waals surface area contributed by atoms with Gasteiger partial charge in [0.05, 0.1) is 12.7 Å². The summed E-state index contributed by atoms with van der Waals surface area (Å²) in [7, 11) is 1.52. The van der Waals surface area contributed by atoms with E-state index < -0.39 is 0 Å². The molecule has 2 heterocycles. The Kier molecular flexibility index (Phi) is 5.68. The molecule has 0 saturated carbocycles. The fraction of sp³-hybridized carbons (Fsp3) is 0.667. The molecule has 22 heavy (non-hydrogen) atoms. The summed E-state index contributed by atoms with van der Waals surface area (Å²) in [4.78, 5) is 25.7. The van der Waals surface area contributed by atoms with E-state index in [1.54, 1.807) is 0 Å². The summed E-state index contributed by atoms with van der Waals surface area (Å²) in [5, 5.41) is 6.75. The lowest BCUT2D eigenvalue weighted by Gasteiger charge is -2.33. The number of nitrogens with one attached hydrogen (secondary N) is 1. The van der Waals surface area contributed by atoms with Gasteiger partial charge in [0.2, 0.25) is 0 Å². The van der Waals surface area contributed by atoms with Crippen LogP contribution in [-0.2, 0) is 11.8 Å². The first-order valence-electron chi connectivity index (χ1n) is 7.62. The lowest BCUT2D eigenvalue weighted by atomic mass is 10.2. The number of aryl methyl sites for hydroxylation is 1. The Labute approximate surface area is 130 Å². The van der Waals surface area contributed by atoms with E-state index in [1.807, 2.05) is 0 Å². The van der Waals surface area contributed by atoms with Gasteiger partial charge in [-0.1, -0.05) is 13.8 Å². The van der Waals surface area contributed by atoms with Crippen LogP contribution in [0.1, 0.15) is 24.3 Å². The molecule has 7 heteroatoms. The zero-order chi connectivity index (χ0) is 16.1. The van der Waals surface area contributed by atoms with E-state index in [4.69, 9.17) is 4.74 Å². The lowest BCUT2D eigenvalue weighted by molar-refractivity contribution is -0.0296. The summed E-state index contributed by atoms with van der Waals surface area (Å²) in [5.41, 5.74) is -0.00608. The Balaban J connectivity index is 1.85. The maximum Gasteiger partial charge on any atom is 0.271 e. The summed E-state index contributed by atoms with van der Waals surface area (Å²) in [6.45, 7) is 8.30. The van der Waals surface area contributed by atoms with Crippen molar-refractivity contribution in [1.29, 1.82) is 0 Å². The molecule has 1 saturated heterocycles. The highest BCUT2D eigenvalue weighted by Gasteiger charge is 2.21. The number of morpholine rings is 1. The standard InChI is InChI=1S/C15H24N4O3/c1-11(2)9-19-6-7-22-12(10-19)8-16-15(21)13-4-5-14(20)18(3)17-13/h4-5,11-12H,6-10H2,1-3H3,(H,16,21). The van der Waals surface area contributed by atoms with Crippen molar-refractivity contribution in [2.45, 2.75) is 20.0 Å². The van der Waals surface area contributed by atoms with Crippen molar-refractivity contribution in [3.05, 3.63) is 28.2 Å². The molecule has 1 unspecified atom stereocenters. The summed E-state index contributed by atoms with van der Waals surface area (Å²) in [6.07, 6.45) is -0.0102. The van der Waals surface area contributed by atoms with E-state index in [9.17, 15) is 9.59 Å². The van der Waals surface area contributed by atoms with Gasteiger partial charge in [0, 0.05) is 39.3 Å². The normalized spacial score (nSPS) is 19.4. The fourth-order valence-corrected chi connectivity index (χ4v) is 2.51. The van der Waals surface area contributed by atoms with E-state index in [-0.39, 0.29) is 23.3 Å². The first kappa shape index (κ1) is 16.6. The molecule has 0 aromatic carbocycles. The van der Waals surface area contributed by atoms with Gasteiger partial charge in [-0.2, -0.15) is 5.10 Å². The van der Waals surface area contributed by atoms with Crippen molar-refractivity contribution in [3.63, 3.8) is 0 Å². The number of carbonyl (C=O) groups excluding carboxylic acids is 1. The van der Waals surface area contributed by atoms with E-state index in [1.165, 1.54) is 19.2 Å². The molecule has 122 valence electrons. The number of carbonyl (C=O) groups is 1. The van der Waals surface area contributed by atoms with Crippen LogP contribution in [-0.4, -0.2) is 59.5 Å². The number of hydrogen-bond donors (Lipinski definition) is 1. The minimum atomic E-state index is -0.291. The van der Waals surface area contributed by atoms with Crippen molar-refractivity contribution in [2.75, 3.05) is 32.8 Å². The van der Waals surface area contributed by atoms with Crippen LogP contribution in [0.25, 0.3) is 0 Å². The molecule has 2 rings (SSSR count). The first-order chi connectivity index (χ1) is 10.5. The van der Waals surface area contributed by atoms with Gasteiger partial charge < -0.3 is 10.1 Å². The predicted molar refractivity (Wildman–Crippen MR) is 82.8 cm³/mol. The number of rotatable bonds is 5. The van der Waals surface area contributed by atoms with Gasteiger partial charge in [-0.3, -0.25) is 14.5 Å². The molecule has 1 aromatic heterocycles. The van der Waals surface area contributed by atoms with E-state index in [0.29, 0.717) is 19.1 Å². The number of nitrogens with zero attached hydrogens (tertiary/aromatic N) is 3. The Hall–Kier alpha value is -1.73. The van der Waals surface area contributed by atoms with E-state index >= 15 is 0 Å². The Morgan fingerprint density at radius 2 is 2.27 bits per heavy atom. The Morgan fingerprint density at radius 3 is 2.95 bits per heavy atom. The second-order valence-electron chi connectivity index (χ2n) is 6.04. The minimum Gasteiger partial charge on any atom is -0.374 e. The second-order valence-corrected chi connectivity index (χ2v) is 6.04. The van der Waals surface area contributed by atoms with Gasteiger partial charge >= 0.3 is 0 Å². The minimum absolute atomic E-state index is 0.0102. The average Bonchev–Trinajstić information content (AvgIpc) is 2.47. The molecule has 0 bridgehead atoms. The van der Waals surface area contributed by atoms with E-state index in [0.717, 1.165) is 24.3 Å². The van der Waals surface area contributed by atoms with Crippen molar-refractivity contribution in [3.8, 4) is 0 Å². The zero-order valence-corrected chi connectivity index (χ0v) is 13.4.